The predicted octanol–water partition coefficient (Wildman–Crippen LogP) is 1.15. The van der Waals surface area contributed by atoms with Gasteiger partial charge in [-0.3, -0.25) is 0 Å². The molecule has 0 radical (unpaired) electrons. The minimum absolute atomic E-state index is 0.0670. The van der Waals surface area contributed by atoms with E-state index in [0.717, 1.165) is 0 Å². The standard InChI is InChI=1S/C12H17N3O4/c13-15-14-6-5-11(17)12(18)9-1-3-10(4-2-9)19-8-7-16/h1-4,11-12,16-18H,5-8H2. The highest BCUT2D eigenvalue weighted by molar-refractivity contribution is 5.29. The third kappa shape index (κ3) is 5.15. The Hall–Kier alpha value is -1.79. The molecule has 0 amide bonds. The van der Waals surface area contributed by atoms with Crippen LogP contribution in [-0.2, 0) is 0 Å². The van der Waals surface area contributed by atoms with Crippen molar-refractivity contribution in [2.45, 2.75) is 18.6 Å². The highest BCUT2D eigenvalue weighted by Crippen LogP contribution is 2.21. The lowest BCUT2D eigenvalue weighted by molar-refractivity contribution is 0.0150. The van der Waals surface area contributed by atoms with Gasteiger partial charge in [0.15, 0.2) is 0 Å². The van der Waals surface area contributed by atoms with Crippen LogP contribution in [-0.4, -0.2) is 41.2 Å². The molecule has 104 valence electrons. The topological polar surface area (TPSA) is 119 Å². The molecule has 1 rings (SSSR count). The fourth-order valence-electron chi connectivity index (χ4n) is 1.54. The number of aliphatic hydroxyl groups is 3. The number of ether oxygens (including phenoxy) is 1. The summed E-state index contributed by atoms with van der Waals surface area (Å²) in [5, 5.41) is 31.5. The summed E-state index contributed by atoms with van der Waals surface area (Å²) in [7, 11) is 0. The molecule has 0 aliphatic heterocycles. The summed E-state index contributed by atoms with van der Waals surface area (Å²) in [4.78, 5) is 2.58. The Kier molecular flexibility index (Phi) is 6.70. The molecule has 19 heavy (non-hydrogen) atoms. The second-order valence-electron chi connectivity index (χ2n) is 3.90. The van der Waals surface area contributed by atoms with E-state index in [9.17, 15) is 10.2 Å². The van der Waals surface area contributed by atoms with E-state index in [4.69, 9.17) is 15.4 Å². The van der Waals surface area contributed by atoms with Crippen molar-refractivity contribution >= 4 is 0 Å². The second kappa shape index (κ2) is 8.34. The van der Waals surface area contributed by atoms with Gasteiger partial charge in [0.05, 0.1) is 12.7 Å². The molecular formula is C12H17N3O4. The average Bonchev–Trinajstić information content (AvgIpc) is 2.45. The maximum absolute atomic E-state index is 9.89. The molecule has 1 aromatic rings. The third-order valence-corrected chi connectivity index (χ3v) is 2.53. The van der Waals surface area contributed by atoms with Gasteiger partial charge in [0, 0.05) is 11.5 Å². The van der Waals surface area contributed by atoms with Crippen LogP contribution in [0.5, 0.6) is 5.75 Å². The number of hydrogen-bond acceptors (Lipinski definition) is 5. The van der Waals surface area contributed by atoms with Crippen molar-refractivity contribution in [3.63, 3.8) is 0 Å². The Morgan fingerprint density at radius 3 is 2.53 bits per heavy atom. The highest BCUT2D eigenvalue weighted by Gasteiger charge is 2.17. The predicted molar refractivity (Wildman–Crippen MR) is 68.6 cm³/mol. The van der Waals surface area contributed by atoms with Crippen LogP contribution in [0.4, 0.5) is 0 Å². The van der Waals surface area contributed by atoms with Crippen LogP contribution in [0.15, 0.2) is 29.4 Å². The van der Waals surface area contributed by atoms with Gasteiger partial charge in [-0.05, 0) is 29.6 Å². The van der Waals surface area contributed by atoms with Crippen LogP contribution in [0.2, 0.25) is 0 Å². The van der Waals surface area contributed by atoms with Crippen molar-refractivity contribution < 1.29 is 20.1 Å². The lowest BCUT2D eigenvalue weighted by atomic mass is 10.0. The van der Waals surface area contributed by atoms with E-state index in [0.29, 0.717) is 11.3 Å². The van der Waals surface area contributed by atoms with Crippen molar-refractivity contribution in [3.8, 4) is 5.75 Å². The van der Waals surface area contributed by atoms with Gasteiger partial charge in [0.1, 0.15) is 18.5 Å². The van der Waals surface area contributed by atoms with E-state index < -0.39 is 12.2 Å². The van der Waals surface area contributed by atoms with Crippen LogP contribution >= 0.6 is 0 Å². The van der Waals surface area contributed by atoms with Gasteiger partial charge in [-0.25, -0.2) is 0 Å². The summed E-state index contributed by atoms with van der Waals surface area (Å²) in [5.74, 6) is 0.577. The Morgan fingerprint density at radius 1 is 1.26 bits per heavy atom. The quantitative estimate of drug-likeness (QED) is 0.372. The van der Waals surface area contributed by atoms with Crippen molar-refractivity contribution in [2.75, 3.05) is 19.8 Å². The molecule has 0 bridgehead atoms. The first-order valence-corrected chi connectivity index (χ1v) is 5.89. The van der Waals surface area contributed by atoms with Gasteiger partial charge >= 0.3 is 0 Å². The van der Waals surface area contributed by atoms with Gasteiger partial charge in [0.2, 0.25) is 0 Å². The van der Waals surface area contributed by atoms with E-state index >= 15 is 0 Å². The summed E-state index contributed by atoms with van der Waals surface area (Å²) in [6.45, 7) is 0.269. The molecule has 1 aromatic carbocycles. The van der Waals surface area contributed by atoms with Crippen molar-refractivity contribution in [1.29, 1.82) is 0 Å². The van der Waals surface area contributed by atoms with Crippen LogP contribution in [0.25, 0.3) is 10.4 Å². The number of rotatable bonds is 8. The number of aliphatic hydroxyl groups excluding tert-OH is 3. The summed E-state index contributed by atoms with van der Waals surface area (Å²) >= 11 is 0. The summed E-state index contributed by atoms with van der Waals surface area (Å²) in [6.07, 6.45) is -1.84. The highest BCUT2D eigenvalue weighted by atomic mass is 16.5. The summed E-state index contributed by atoms with van der Waals surface area (Å²) in [6, 6.07) is 6.56. The minimum Gasteiger partial charge on any atom is -0.491 e. The van der Waals surface area contributed by atoms with E-state index in [-0.39, 0.29) is 26.2 Å². The van der Waals surface area contributed by atoms with Gasteiger partial charge in [-0.2, -0.15) is 0 Å². The minimum atomic E-state index is -1.04. The van der Waals surface area contributed by atoms with Crippen LogP contribution < -0.4 is 4.74 Å². The lowest BCUT2D eigenvalue weighted by Gasteiger charge is -2.17. The van der Waals surface area contributed by atoms with Crippen molar-refractivity contribution in [2.24, 2.45) is 5.11 Å². The van der Waals surface area contributed by atoms with Crippen LogP contribution in [0.3, 0.4) is 0 Å². The smallest absolute Gasteiger partial charge is 0.119 e. The first kappa shape index (κ1) is 15.3. The zero-order chi connectivity index (χ0) is 14.1. The van der Waals surface area contributed by atoms with Crippen molar-refractivity contribution in [1.82, 2.24) is 0 Å². The zero-order valence-corrected chi connectivity index (χ0v) is 10.4. The molecule has 0 heterocycles. The van der Waals surface area contributed by atoms with Crippen molar-refractivity contribution in [3.05, 3.63) is 40.3 Å². The molecule has 0 fully saturated rings. The molecular weight excluding hydrogens is 250 g/mol. The Bertz CT molecular complexity index is 417. The molecule has 0 saturated carbocycles. The first-order chi connectivity index (χ1) is 9.19. The molecule has 0 saturated heterocycles. The number of azide groups is 1. The van der Waals surface area contributed by atoms with Gasteiger partial charge in [-0.15, -0.1) is 0 Å². The van der Waals surface area contributed by atoms with Crippen LogP contribution in [0.1, 0.15) is 18.1 Å². The van der Waals surface area contributed by atoms with Gasteiger partial charge < -0.3 is 20.1 Å². The molecule has 0 aliphatic carbocycles. The van der Waals surface area contributed by atoms with Gasteiger partial charge in [-0.1, -0.05) is 17.2 Å². The van der Waals surface area contributed by atoms with E-state index in [1.54, 1.807) is 24.3 Å². The number of benzene rings is 1. The summed E-state index contributed by atoms with van der Waals surface area (Å²) in [5.41, 5.74) is 8.66. The monoisotopic (exact) mass is 267 g/mol. The maximum atomic E-state index is 9.89. The molecule has 2 atom stereocenters. The zero-order valence-electron chi connectivity index (χ0n) is 10.4. The SMILES string of the molecule is [N-]=[N+]=NCCC(O)C(O)c1ccc(OCCO)cc1. The second-order valence-corrected chi connectivity index (χ2v) is 3.90. The van der Waals surface area contributed by atoms with E-state index in [1.165, 1.54) is 0 Å². The molecule has 7 nitrogen and oxygen atoms in total. The molecule has 0 aliphatic rings. The first-order valence-electron chi connectivity index (χ1n) is 5.89. The largest absolute Gasteiger partial charge is 0.491 e. The lowest BCUT2D eigenvalue weighted by Crippen LogP contribution is -2.19. The van der Waals surface area contributed by atoms with E-state index in [2.05, 4.69) is 10.0 Å². The normalized spacial score (nSPS) is 13.4. The Morgan fingerprint density at radius 2 is 1.95 bits per heavy atom. The Balaban J connectivity index is 2.56. The molecule has 7 heteroatoms. The molecule has 0 spiro atoms. The summed E-state index contributed by atoms with van der Waals surface area (Å²) < 4.78 is 5.18. The van der Waals surface area contributed by atoms with Crippen LogP contribution in [0, 0.1) is 0 Å². The molecule has 2 unspecified atom stereocenters. The average molecular weight is 267 g/mol. The molecule has 0 aromatic heterocycles. The maximum Gasteiger partial charge on any atom is 0.119 e. The fourth-order valence-corrected chi connectivity index (χ4v) is 1.54. The Labute approximate surface area is 110 Å². The fraction of sp³-hybridized carbons (Fsp3) is 0.500. The third-order valence-electron chi connectivity index (χ3n) is 2.53. The number of nitrogens with zero attached hydrogens (tertiary/aromatic N) is 3. The number of hydrogen-bond donors (Lipinski definition) is 3. The van der Waals surface area contributed by atoms with Gasteiger partial charge in [0.25, 0.3) is 0 Å². The molecule has 3 N–H and O–H groups in total. The van der Waals surface area contributed by atoms with E-state index in [1.807, 2.05) is 0 Å².